The number of pyridine rings is 1. The fourth-order valence-corrected chi connectivity index (χ4v) is 3.18. The molecule has 0 saturated carbocycles. The Bertz CT molecular complexity index is 903. The van der Waals surface area contributed by atoms with Gasteiger partial charge in [-0.25, -0.2) is 0 Å². The summed E-state index contributed by atoms with van der Waals surface area (Å²) in [4.78, 5) is 4.42. The van der Waals surface area contributed by atoms with Gasteiger partial charge >= 0.3 is 10.1 Å². The lowest BCUT2D eigenvalue weighted by Gasteiger charge is -2.08. The molecule has 0 fully saturated rings. The van der Waals surface area contributed by atoms with Gasteiger partial charge in [0.15, 0.2) is 0 Å². The second kappa shape index (κ2) is 6.84. The predicted octanol–water partition coefficient (Wildman–Crippen LogP) is 3.75. The molecule has 1 heterocycles. The minimum absolute atomic E-state index is 0.144. The highest BCUT2D eigenvalue weighted by Gasteiger charge is 2.16. The summed E-state index contributed by atoms with van der Waals surface area (Å²) in [7, 11) is -3.81. The van der Waals surface area contributed by atoms with Crippen molar-refractivity contribution in [2.24, 2.45) is 0 Å². The van der Waals surface area contributed by atoms with Gasteiger partial charge in [-0.05, 0) is 48.9 Å². The molecule has 0 radical (unpaired) electrons. The largest absolute Gasteiger partial charge is 0.379 e. The molecular formula is C19H17NO3S. The van der Waals surface area contributed by atoms with Gasteiger partial charge in [0.1, 0.15) is 10.6 Å². The van der Waals surface area contributed by atoms with Crippen LogP contribution in [0.2, 0.25) is 0 Å². The van der Waals surface area contributed by atoms with Crippen LogP contribution in [0.4, 0.5) is 0 Å². The third kappa shape index (κ3) is 4.00. The van der Waals surface area contributed by atoms with Crippen molar-refractivity contribution in [2.75, 3.05) is 0 Å². The summed E-state index contributed by atoms with van der Waals surface area (Å²) in [6.45, 7) is 1.90. The Morgan fingerprint density at radius 1 is 0.917 bits per heavy atom. The predicted molar refractivity (Wildman–Crippen MR) is 92.5 cm³/mol. The van der Waals surface area contributed by atoms with Crippen LogP contribution in [0.3, 0.4) is 0 Å². The highest BCUT2D eigenvalue weighted by Crippen LogP contribution is 2.20. The van der Waals surface area contributed by atoms with Gasteiger partial charge in [0.05, 0.1) is 0 Å². The topological polar surface area (TPSA) is 56.3 Å². The third-order valence-electron chi connectivity index (χ3n) is 3.55. The van der Waals surface area contributed by atoms with E-state index >= 15 is 0 Å². The van der Waals surface area contributed by atoms with Gasteiger partial charge in [0.2, 0.25) is 0 Å². The van der Waals surface area contributed by atoms with Crippen molar-refractivity contribution in [3.8, 4) is 5.75 Å². The Morgan fingerprint density at radius 3 is 2.25 bits per heavy atom. The Labute approximate surface area is 141 Å². The lowest BCUT2D eigenvalue weighted by Crippen LogP contribution is -2.09. The first-order valence-corrected chi connectivity index (χ1v) is 8.94. The van der Waals surface area contributed by atoms with Gasteiger partial charge in [-0.15, -0.1) is 0 Å². The molecule has 3 aromatic rings. The van der Waals surface area contributed by atoms with E-state index in [9.17, 15) is 8.42 Å². The zero-order chi connectivity index (χ0) is 17.0. The molecule has 5 heteroatoms. The van der Waals surface area contributed by atoms with Crippen molar-refractivity contribution in [3.63, 3.8) is 0 Å². The van der Waals surface area contributed by atoms with Crippen LogP contribution in [0.1, 0.15) is 16.8 Å². The van der Waals surface area contributed by atoms with Crippen LogP contribution in [0.15, 0.2) is 77.8 Å². The number of benzene rings is 2. The summed E-state index contributed by atoms with van der Waals surface area (Å²) in [5.41, 5.74) is 2.99. The molecule has 0 aliphatic heterocycles. The fourth-order valence-electron chi connectivity index (χ4n) is 2.25. The van der Waals surface area contributed by atoms with E-state index in [4.69, 9.17) is 4.18 Å². The Balaban J connectivity index is 1.73. The highest BCUT2D eigenvalue weighted by atomic mass is 32.2. The quantitative estimate of drug-likeness (QED) is 0.664. The van der Waals surface area contributed by atoms with Crippen LogP contribution in [-0.4, -0.2) is 13.4 Å². The molecule has 0 N–H and O–H groups in total. The minimum Gasteiger partial charge on any atom is -0.379 e. The summed E-state index contributed by atoms with van der Waals surface area (Å²) in [5.74, 6) is 0.292. The molecule has 24 heavy (non-hydrogen) atoms. The zero-order valence-electron chi connectivity index (χ0n) is 13.2. The van der Waals surface area contributed by atoms with E-state index in [0.717, 1.165) is 16.8 Å². The number of rotatable bonds is 5. The SMILES string of the molecule is Cc1ccc(S(=O)(=O)Oc2ccc(Cc3ccccn3)cc2)cc1. The molecule has 0 aliphatic carbocycles. The summed E-state index contributed by atoms with van der Waals surface area (Å²) in [6, 6.07) is 19.3. The van der Waals surface area contributed by atoms with E-state index in [-0.39, 0.29) is 4.90 Å². The minimum atomic E-state index is -3.81. The summed E-state index contributed by atoms with van der Waals surface area (Å²) in [6.07, 6.45) is 2.44. The Hall–Kier alpha value is -2.66. The lowest BCUT2D eigenvalue weighted by atomic mass is 10.1. The molecular weight excluding hydrogens is 322 g/mol. The zero-order valence-corrected chi connectivity index (χ0v) is 14.0. The molecule has 0 unspecified atom stereocenters. The Morgan fingerprint density at radius 2 is 1.62 bits per heavy atom. The number of hydrogen-bond donors (Lipinski definition) is 0. The number of nitrogens with zero attached hydrogens (tertiary/aromatic N) is 1. The molecule has 3 rings (SSSR count). The monoisotopic (exact) mass is 339 g/mol. The van der Waals surface area contributed by atoms with Crippen LogP contribution in [-0.2, 0) is 16.5 Å². The maximum absolute atomic E-state index is 12.3. The van der Waals surface area contributed by atoms with E-state index in [1.165, 1.54) is 0 Å². The van der Waals surface area contributed by atoms with Crippen molar-refractivity contribution in [2.45, 2.75) is 18.2 Å². The first kappa shape index (κ1) is 16.2. The van der Waals surface area contributed by atoms with Crippen molar-refractivity contribution in [1.29, 1.82) is 0 Å². The maximum Gasteiger partial charge on any atom is 0.339 e. The standard InChI is InChI=1S/C19H17NO3S/c1-15-5-11-19(12-6-15)24(21,22)23-18-9-7-16(8-10-18)14-17-4-2-3-13-20-17/h2-13H,14H2,1H3. The van der Waals surface area contributed by atoms with E-state index in [2.05, 4.69) is 4.98 Å². The average Bonchev–Trinajstić information content (AvgIpc) is 2.58. The van der Waals surface area contributed by atoms with Gasteiger partial charge in [-0.2, -0.15) is 8.42 Å². The normalized spacial score (nSPS) is 11.2. The third-order valence-corrected chi connectivity index (χ3v) is 4.81. The van der Waals surface area contributed by atoms with Crippen LogP contribution in [0.25, 0.3) is 0 Å². The van der Waals surface area contributed by atoms with Crippen LogP contribution in [0, 0.1) is 6.92 Å². The molecule has 0 amide bonds. The summed E-state index contributed by atoms with van der Waals surface area (Å²) in [5, 5.41) is 0. The smallest absolute Gasteiger partial charge is 0.339 e. The lowest BCUT2D eigenvalue weighted by molar-refractivity contribution is 0.486. The second-order valence-electron chi connectivity index (χ2n) is 5.49. The van der Waals surface area contributed by atoms with Crippen LogP contribution >= 0.6 is 0 Å². The maximum atomic E-state index is 12.3. The van der Waals surface area contributed by atoms with Crippen molar-refractivity contribution in [1.82, 2.24) is 4.98 Å². The molecule has 1 aromatic heterocycles. The van der Waals surface area contributed by atoms with Crippen molar-refractivity contribution in [3.05, 3.63) is 89.7 Å². The van der Waals surface area contributed by atoms with Gasteiger partial charge < -0.3 is 4.18 Å². The fraction of sp³-hybridized carbons (Fsp3) is 0.105. The van der Waals surface area contributed by atoms with E-state index < -0.39 is 10.1 Å². The van der Waals surface area contributed by atoms with Crippen molar-refractivity contribution >= 4 is 10.1 Å². The number of hydrogen-bond acceptors (Lipinski definition) is 4. The van der Waals surface area contributed by atoms with Gasteiger partial charge in [-0.1, -0.05) is 35.9 Å². The molecule has 0 bridgehead atoms. The molecule has 0 atom stereocenters. The summed E-state index contributed by atoms with van der Waals surface area (Å²) >= 11 is 0. The van der Waals surface area contributed by atoms with Gasteiger partial charge in [-0.3, -0.25) is 4.98 Å². The van der Waals surface area contributed by atoms with Gasteiger partial charge in [0, 0.05) is 18.3 Å². The molecule has 0 saturated heterocycles. The highest BCUT2D eigenvalue weighted by molar-refractivity contribution is 7.87. The number of aryl methyl sites for hydroxylation is 1. The molecule has 122 valence electrons. The van der Waals surface area contributed by atoms with Gasteiger partial charge in [0.25, 0.3) is 0 Å². The molecule has 0 aliphatic rings. The van der Waals surface area contributed by atoms with Crippen LogP contribution in [0.5, 0.6) is 5.75 Å². The first-order valence-electron chi connectivity index (χ1n) is 7.53. The molecule has 2 aromatic carbocycles. The summed E-state index contributed by atoms with van der Waals surface area (Å²) < 4.78 is 29.7. The van der Waals surface area contributed by atoms with E-state index in [1.807, 2.05) is 37.3 Å². The van der Waals surface area contributed by atoms with Crippen LogP contribution < -0.4 is 4.18 Å². The van der Waals surface area contributed by atoms with E-state index in [0.29, 0.717) is 12.2 Å². The second-order valence-corrected chi connectivity index (χ2v) is 7.04. The number of aromatic nitrogens is 1. The average molecular weight is 339 g/mol. The van der Waals surface area contributed by atoms with E-state index in [1.54, 1.807) is 42.6 Å². The van der Waals surface area contributed by atoms with Crippen molar-refractivity contribution < 1.29 is 12.6 Å². The first-order chi connectivity index (χ1) is 11.5. The molecule has 4 nitrogen and oxygen atoms in total. The Kier molecular flexibility index (Phi) is 4.62. The molecule has 0 spiro atoms.